The molecule has 2 atom stereocenters. The molecule has 0 amide bonds. The van der Waals surface area contributed by atoms with E-state index in [1.807, 2.05) is 49.5 Å². The van der Waals surface area contributed by atoms with E-state index in [0.29, 0.717) is 29.4 Å². The number of esters is 1. The quantitative estimate of drug-likeness (QED) is 0.516. The fourth-order valence-corrected chi connectivity index (χ4v) is 5.67. The predicted molar refractivity (Wildman–Crippen MR) is 133 cm³/mol. The van der Waals surface area contributed by atoms with Gasteiger partial charge < -0.3 is 33.7 Å². The van der Waals surface area contributed by atoms with Gasteiger partial charge in [0.05, 0.1) is 18.7 Å². The highest BCUT2D eigenvalue weighted by Gasteiger charge is 2.44. The maximum Gasteiger partial charge on any atom is 0.339 e. The third kappa shape index (κ3) is 3.53. The number of anilines is 1. The van der Waals surface area contributed by atoms with E-state index < -0.39 is 6.10 Å². The Morgan fingerprint density at radius 1 is 1.00 bits per heavy atom. The number of nitrogens with zero attached hydrogens (tertiary/aromatic N) is 1. The number of carbonyl (C=O) groups is 1. The lowest BCUT2D eigenvalue weighted by Gasteiger charge is -2.38. The third-order valence-electron chi connectivity index (χ3n) is 7.49. The number of hydrogen-bond acceptors (Lipinski definition) is 9. The van der Waals surface area contributed by atoms with E-state index in [0.717, 1.165) is 52.4 Å². The Morgan fingerprint density at radius 2 is 1.84 bits per heavy atom. The van der Waals surface area contributed by atoms with Crippen molar-refractivity contribution in [1.29, 1.82) is 0 Å². The molecule has 9 nitrogen and oxygen atoms in total. The zero-order valence-electron chi connectivity index (χ0n) is 20.5. The second-order valence-electron chi connectivity index (χ2n) is 9.56. The zero-order chi connectivity index (χ0) is 25.1. The molecule has 0 saturated carbocycles. The maximum absolute atomic E-state index is 13.1. The average molecular weight is 503 g/mol. The summed E-state index contributed by atoms with van der Waals surface area (Å²) in [5.41, 5.74) is 5.43. The summed E-state index contributed by atoms with van der Waals surface area (Å²) in [6.45, 7) is 1.81. The van der Waals surface area contributed by atoms with Gasteiger partial charge in [-0.3, -0.25) is 4.90 Å². The van der Waals surface area contributed by atoms with Crippen LogP contribution < -0.4 is 29.0 Å². The molecular formula is C28H26N2O7. The summed E-state index contributed by atoms with van der Waals surface area (Å²) in [5.74, 6) is 3.12. The van der Waals surface area contributed by atoms with Crippen molar-refractivity contribution >= 4 is 11.7 Å². The SMILES string of the molecule is COc1c2c(cc3c1C(C1OC(=O)c4cc(NCc5ccc6c(c5)OCO6)ccc41)N(C)CC3)OCO2. The number of ether oxygens (including phenoxy) is 6. The summed E-state index contributed by atoms with van der Waals surface area (Å²) in [6, 6.07) is 13.5. The van der Waals surface area contributed by atoms with E-state index in [1.165, 1.54) is 0 Å². The van der Waals surface area contributed by atoms with Crippen molar-refractivity contribution in [2.45, 2.75) is 25.1 Å². The van der Waals surface area contributed by atoms with Gasteiger partial charge in [0.1, 0.15) is 6.10 Å². The summed E-state index contributed by atoms with van der Waals surface area (Å²) >= 11 is 0. The molecule has 37 heavy (non-hydrogen) atoms. The lowest BCUT2D eigenvalue weighted by atomic mass is 9.85. The molecule has 1 N–H and O–H groups in total. The Kier molecular flexibility index (Phi) is 5.07. The molecule has 0 aliphatic carbocycles. The number of fused-ring (bicyclic) bond motifs is 4. The first-order chi connectivity index (χ1) is 18.1. The van der Waals surface area contributed by atoms with Crippen LogP contribution in [0.15, 0.2) is 42.5 Å². The lowest BCUT2D eigenvalue weighted by molar-refractivity contribution is 0.00881. The van der Waals surface area contributed by atoms with Crippen molar-refractivity contribution in [2.75, 3.05) is 39.6 Å². The number of carbonyl (C=O) groups excluding carboxylic acids is 1. The van der Waals surface area contributed by atoms with Crippen LogP contribution in [0.1, 0.15) is 44.8 Å². The van der Waals surface area contributed by atoms with E-state index in [-0.39, 0.29) is 25.6 Å². The van der Waals surface area contributed by atoms with Gasteiger partial charge in [0, 0.05) is 29.9 Å². The molecule has 2 unspecified atom stereocenters. The second kappa shape index (κ2) is 8.48. The van der Waals surface area contributed by atoms with Gasteiger partial charge in [-0.2, -0.15) is 0 Å². The zero-order valence-corrected chi connectivity index (χ0v) is 20.5. The van der Waals surface area contributed by atoms with Crippen molar-refractivity contribution in [1.82, 2.24) is 4.90 Å². The van der Waals surface area contributed by atoms with Crippen molar-refractivity contribution in [2.24, 2.45) is 0 Å². The smallest absolute Gasteiger partial charge is 0.339 e. The monoisotopic (exact) mass is 502 g/mol. The fraction of sp³-hybridized carbons (Fsp3) is 0.321. The molecule has 9 heteroatoms. The molecule has 0 spiro atoms. The minimum atomic E-state index is -0.469. The molecule has 4 aliphatic rings. The van der Waals surface area contributed by atoms with Gasteiger partial charge in [0.15, 0.2) is 23.0 Å². The van der Waals surface area contributed by atoms with Crippen molar-refractivity contribution < 1.29 is 33.2 Å². The molecule has 0 bridgehead atoms. The van der Waals surface area contributed by atoms with E-state index in [9.17, 15) is 4.79 Å². The first-order valence-electron chi connectivity index (χ1n) is 12.3. The first-order valence-corrected chi connectivity index (χ1v) is 12.3. The minimum absolute atomic E-state index is 0.165. The molecule has 0 aromatic heterocycles. The van der Waals surface area contributed by atoms with Crippen molar-refractivity contribution in [3.63, 3.8) is 0 Å². The van der Waals surface area contributed by atoms with Gasteiger partial charge in [-0.05, 0) is 54.9 Å². The standard InChI is InChI=1S/C28H26N2O7/c1-30-8-7-16-10-22-26(36-14-35-22)27(32-2)23(16)24(30)25-18-5-4-17(11-19(18)28(31)37-25)29-12-15-3-6-20-21(9-15)34-13-33-20/h3-6,9-11,24-25,29H,7-8,12-14H2,1-2H3. The van der Waals surface area contributed by atoms with Crippen LogP contribution in [-0.2, 0) is 17.7 Å². The maximum atomic E-state index is 13.1. The predicted octanol–water partition coefficient (Wildman–Crippen LogP) is 4.21. The molecule has 0 saturated heterocycles. The largest absolute Gasteiger partial charge is 0.492 e. The lowest BCUT2D eigenvalue weighted by Crippen LogP contribution is -2.36. The number of hydrogen-bond donors (Lipinski definition) is 1. The van der Waals surface area contributed by atoms with Gasteiger partial charge >= 0.3 is 5.97 Å². The Hall–Kier alpha value is -4.11. The van der Waals surface area contributed by atoms with Crippen LogP contribution in [0.3, 0.4) is 0 Å². The molecule has 4 aliphatic heterocycles. The van der Waals surface area contributed by atoms with Crippen LogP contribution >= 0.6 is 0 Å². The topological polar surface area (TPSA) is 87.7 Å². The molecule has 7 rings (SSSR count). The second-order valence-corrected chi connectivity index (χ2v) is 9.56. The minimum Gasteiger partial charge on any atom is -0.492 e. The average Bonchev–Trinajstić information content (AvgIpc) is 3.65. The number of nitrogens with one attached hydrogen (secondary N) is 1. The molecule has 190 valence electrons. The summed E-state index contributed by atoms with van der Waals surface area (Å²) < 4.78 is 34.1. The summed E-state index contributed by atoms with van der Waals surface area (Å²) in [7, 11) is 3.68. The summed E-state index contributed by atoms with van der Waals surface area (Å²) in [5, 5.41) is 3.40. The summed E-state index contributed by atoms with van der Waals surface area (Å²) in [4.78, 5) is 15.3. The Bertz CT molecular complexity index is 1420. The van der Waals surface area contributed by atoms with E-state index in [4.69, 9.17) is 28.4 Å². The van der Waals surface area contributed by atoms with E-state index in [1.54, 1.807) is 7.11 Å². The normalized spacial score (nSPS) is 20.9. The fourth-order valence-electron chi connectivity index (χ4n) is 5.67. The van der Waals surface area contributed by atoms with Crippen LogP contribution in [0.2, 0.25) is 0 Å². The molecule has 3 aromatic carbocycles. The van der Waals surface area contributed by atoms with Crippen LogP contribution in [-0.4, -0.2) is 45.2 Å². The van der Waals surface area contributed by atoms with Crippen molar-refractivity contribution in [3.8, 4) is 28.7 Å². The van der Waals surface area contributed by atoms with Crippen molar-refractivity contribution in [3.05, 3.63) is 70.3 Å². The Labute approximate surface area is 213 Å². The molecule has 4 heterocycles. The molecular weight excluding hydrogens is 476 g/mol. The van der Waals surface area contributed by atoms with Gasteiger partial charge in [-0.15, -0.1) is 0 Å². The third-order valence-corrected chi connectivity index (χ3v) is 7.49. The summed E-state index contributed by atoms with van der Waals surface area (Å²) in [6.07, 6.45) is 0.370. The Morgan fingerprint density at radius 3 is 2.73 bits per heavy atom. The highest BCUT2D eigenvalue weighted by Crippen LogP contribution is 2.54. The number of rotatable bonds is 5. The van der Waals surface area contributed by atoms with Crippen LogP contribution in [0, 0.1) is 0 Å². The van der Waals surface area contributed by atoms with E-state index >= 15 is 0 Å². The highest BCUT2D eigenvalue weighted by molar-refractivity contribution is 5.95. The number of methoxy groups -OCH3 is 1. The highest BCUT2D eigenvalue weighted by atomic mass is 16.7. The van der Waals surface area contributed by atoms with E-state index in [2.05, 4.69) is 10.2 Å². The van der Waals surface area contributed by atoms with Crippen LogP contribution in [0.25, 0.3) is 0 Å². The van der Waals surface area contributed by atoms with Gasteiger partial charge in [0.2, 0.25) is 19.3 Å². The Balaban J connectivity index is 1.19. The number of likely N-dealkylation sites (N-methyl/N-ethyl adjacent to an activating group) is 1. The van der Waals surface area contributed by atoms with Gasteiger partial charge in [-0.25, -0.2) is 4.79 Å². The van der Waals surface area contributed by atoms with Gasteiger partial charge in [-0.1, -0.05) is 12.1 Å². The number of cyclic esters (lactones) is 1. The van der Waals surface area contributed by atoms with Crippen LogP contribution in [0.5, 0.6) is 28.7 Å². The van der Waals surface area contributed by atoms with Gasteiger partial charge in [0.25, 0.3) is 0 Å². The molecule has 0 radical (unpaired) electrons. The molecule has 0 fully saturated rings. The first kappa shape index (κ1) is 22.1. The van der Waals surface area contributed by atoms with Crippen LogP contribution in [0.4, 0.5) is 5.69 Å². The molecule has 3 aromatic rings. The number of benzene rings is 3.